The Labute approximate surface area is 91.4 Å². The van der Waals surface area contributed by atoms with Crippen molar-refractivity contribution in [2.45, 2.75) is 12.8 Å². The molecule has 0 unspecified atom stereocenters. The lowest BCUT2D eigenvalue weighted by Gasteiger charge is -2.13. The van der Waals surface area contributed by atoms with E-state index < -0.39 is 35.6 Å². The predicted octanol–water partition coefficient (Wildman–Crippen LogP) is 2.37. The molecule has 1 heterocycles. The molecule has 0 aliphatic heterocycles. The highest BCUT2D eigenvalue weighted by Gasteiger charge is 2.35. The fourth-order valence-electron chi connectivity index (χ4n) is 1.01. The van der Waals surface area contributed by atoms with Crippen LogP contribution in [0.3, 0.4) is 0 Å². The van der Waals surface area contributed by atoms with Gasteiger partial charge in [-0.2, -0.15) is 5.26 Å². The minimum atomic E-state index is -5.20. The van der Waals surface area contributed by atoms with Gasteiger partial charge in [0.05, 0.1) is 0 Å². The van der Waals surface area contributed by atoms with Crippen LogP contribution in [0, 0.1) is 11.3 Å². The molecule has 1 rings (SSSR count). The number of pyridine rings is 1. The molecule has 0 aliphatic carbocycles. The highest BCUT2D eigenvalue weighted by Crippen LogP contribution is 2.35. The van der Waals surface area contributed by atoms with Crippen molar-refractivity contribution < 1.29 is 26.7 Å². The number of hydrogen-bond acceptors (Lipinski definition) is 4. The Morgan fingerprint density at radius 3 is 2.41 bits per heavy atom. The van der Waals surface area contributed by atoms with Crippen LogP contribution < -0.4 is 10.5 Å². The molecule has 17 heavy (non-hydrogen) atoms. The average molecular weight is 253 g/mol. The van der Waals surface area contributed by atoms with Crippen LogP contribution in [0.1, 0.15) is 17.7 Å². The fraction of sp³-hybridized carbons (Fsp3) is 0.250. The summed E-state index contributed by atoms with van der Waals surface area (Å²) in [6, 6.07) is 2.12. The van der Waals surface area contributed by atoms with E-state index in [2.05, 4.69) is 9.72 Å². The van der Waals surface area contributed by atoms with E-state index in [-0.39, 0.29) is 0 Å². The molecular weight excluding hydrogens is 249 g/mol. The lowest BCUT2D eigenvalue weighted by molar-refractivity contribution is -0.276. The van der Waals surface area contributed by atoms with Gasteiger partial charge in [0, 0.05) is 5.69 Å². The zero-order valence-corrected chi connectivity index (χ0v) is 7.92. The molecule has 0 fully saturated rings. The van der Waals surface area contributed by atoms with E-state index in [1.54, 1.807) is 0 Å². The van der Waals surface area contributed by atoms with Gasteiger partial charge in [-0.3, -0.25) is 0 Å². The Bertz CT molecular complexity index is 465. The highest BCUT2D eigenvalue weighted by atomic mass is 19.4. The molecule has 0 saturated heterocycles. The zero-order valence-electron chi connectivity index (χ0n) is 7.92. The SMILES string of the molecule is N#Cc1cc(N)c(C(F)F)c(OC(F)(F)F)n1. The van der Waals surface area contributed by atoms with Crippen LogP contribution in [0.4, 0.5) is 27.6 Å². The number of nitrogen functional groups attached to an aromatic ring is 1. The Balaban J connectivity index is 3.34. The minimum absolute atomic E-state index is 0.550. The zero-order chi connectivity index (χ0) is 13.2. The standard InChI is InChI=1S/C8H4F5N3O/c9-6(10)5-4(15)1-3(2-14)16-7(5)17-8(11,12)13/h1,6H,(H2,15,16). The average Bonchev–Trinajstić information content (AvgIpc) is 2.13. The second-order valence-corrected chi connectivity index (χ2v) is 2.78. The van der Waals surface area contributed by atoms with Gasteiger partial charge in [0.2, 0.25) is 5.88 Å². The largest absolute Gasteiger partial charge is 0.574 e. The van der Waals surface area contributed by atoms with Crippen molar-refractivity contribution >= 4 is 5.69 Å². The third-order valence-electron chi connectivity index (χ3n) is 1.60. The summed E-state index contributed by atoms with van der Waals surface area (Å²) in [4.78, 5) is 3.00. The summed E-state index contributed by atoms with van der Waals surface area (Å²) in [5, 5.41) is 8.42. The number of nitrogens with two attached hydrogens (primary N) is 1. The van der Waals surface area contributed by atoms with Crippen LogP contribution >= 0.6 is 0 Å². The monoisotopic (exact) mass is 253 g/mol. The van der Waals surface area contributed by atoms with Crippen molar-refractivity contribution in [2.75, 3.05) is 5.73 Å². The van der Waals surface area contributed by atoms with Crippen LogP contribution in [-0.4, -0.2) is 11.3 Å². The molecule has 0 amide bonds. The topological polar surface area (TPSA) is 71.9 Å². The summed E-state index contributed by atoms with van der Waals surface area (Å²) in [7, 11) is 0. The van der Waals surface area contributed by atoms with E-state index in [9.17, 15) is 22.0 Å². The molecule has 0 aliphatic rings. The number of rotatable bonds is 2. The number of hydrogen-bond donors (Lipinski definition) is 1. The summed E-state index contributed by atoms with van der Waals surface area (Å²) in [6.45, 7) is 0. The van der Waals surface area contributed by atoms with Crippen LogP contribution in [0.25, 0.3) is 0 Å². The molecule has 0 aromatic carbocycles. The molecule has 1 aromatic heterocycles. The highest BCUT2D eigenvalue weighted by molar-refractivity contribution is 5.55. The number of aromatic nitrogens is 1. The van der Waals surface area contributed by atoms with Crippen molar-refractivity contribution in [1.29, 1.82) is 5.26 Å². The summed E-state index contributed by atoms with van der Waals surface area (Å²) < 4.78 is 64.0. The van der Waals surface area contributed by atoms with Gasteiger partial charge >= 0.3 is 6.36 Å². The van der Waals surface area contributed by atoms with E-state index in [0.717, 1.165) is 6.07 Å². The molecule has 9 heteroatoms. The van der Waals surface area contributed by atoms with Gasteiger partial charge in [0.15, 0.2) is 0 Å². The lowest BCUT2D eigenvalue weighted by Crippen LogP contribution is -2.20. The van der Waals surface area contributed by atoms with Crippen LogP contribution in [0.5, 0.6) is 5.88 Å². The van der Waals surface area contributed by atoms with Crippen molar-refractivity contribution in [1.82, 2.24) is 4.98 Å². The number of halogens is 5. The summed E-state index contributed by atoms with van der Waals surface area (Å²) in [5.74, 6) is -1.41. The second kappa shape index (κ2) is 4.40. The predicted molar refractivity (Wildman–Crippen MR) is 45.0 cm³/mol. The molecule has 0 radical (unpaired) electrons. The smallest absolute Gasteiger partial charge is 0.398 e. The number of anilines is 1. The third-order valence-corrected chi connectivity index (χ3v) is 1.60. The van der Waals surface area contributed by atoms with Crippen molar-refractivity contribution in [3.63, 3.8) is 0 Å². The van der Waals surface area contributed by atoms with Gasteiger partial charge in [-0.1, -0.05) is 0 Å². The van der Waals surface area contributed by atoms with Gasteiger partial charge in [-0.15, -0.1) is 13.2 Å². The molecule has 0 saturated carbocycles. The first-order valence-corrected chi connectivity index (χ1v) is 3.99. The van der Waals surface area contributed by atoms with E-state index in [0.29, 0.717) is 0 Å². The summed E-state index contributed by atoms with van der Waals surface area (Å²) in [6.07, 6.45) is -8.50. The molecule has 92 valence electrons. The molecular formula is C8H4F5N3O. The number of nitrogens with zero attached hydrogens (tertiary/aromatic N) is 2. The maximum Gasteiger partial charge on any atom is 0.574 e. The molecule has 0 spiro atoms. The van der Waals surface area contributed by atoms with E-state index >= 15 is 0 Å². The van der Waals surface area contributed by atoms with Crippen molar-refractivity contribution in [3.8, 4) is 11.9 Å². The normalized spacial score (nSPS) is 11.4. The molecule has 2 N–H and O–H groups in total. The van der Waals surface area contributed by atoms with Gasteiger partial charge in [0.1, 0.15) is 17.3 Å². The Kier molecular flexibility index (Phi) is 3.36. The van der Waals surface area contributed by atoms with E-state index in [4.69, 9.17) is 11.0 Å². The first kappa shape index (κ1) is 13.0. The second-order valence-electron chi connectivity index (χ2n) is 2.78. The van der Waals surface area contributed by atoms with Gasteiger partial charge in [-0.05, 0) is 6.07 Å². The van der Waals surface area contributed by atoms with Crippen molar-refractivity contribution in [2.24, 2.45) is 0 Å². The van der Waals surface area contributed by atoms with E-state index in [1.807, 2.05) is 0 Å². The van der Waals surface area contributed by atoms with Gasteiger partial charge in [-0.25, -0.2) is 13.8 Å². The Hall–Kier alpha value is -2.11. The van der Waals surface area contributed by atoms with Crippen molar-refractivity contribution in [3.05, 3.63) is 17.3 Å². The van der Waals surface area contributed by atoms with Gasteiger partial charge in [0.25, 0.3) is 6.43 Å². The number of alkyl halides is 5. The van der Waals surface area contributed by atoms with Crippen LogP contribution in [0.2, 0.25) is 0 Å². The molecule has 0 atom stereocenters. The molecule has 1 aromatic rings. The van der Waals surface area contributed by atoms with E-state index in [1.165, 1.54) is 6.07 Å². The first-order valence-electron chi connectivity index (χ1n) is 3.99. The Morgan fingerprint density at radius 1 is 1.41 bits per heavy atom. The maximum atomic E-state index is 12.4. The third kappa shape index (κ3) is 3.17. The summed E-state index contributed by atoms with van der Waals surface area (Å²) >= 11 is 0. The molecule has 0 bridgehead atoms. The number of nitriles is 1. The van der Waals surface area contributed by atoms with Crippen LogP contribution in [-0.2, 0) is 0 Å². The first-order chi connectivity index (χ1) is 7.74. The van der Waals surface area contributed by atoms with Crippen LogP contribution in [0.15, 0.2) is 6.07 Å². The number of ether oxygens (including phenoxy) is 1. The van der Waals surface area contributed by atoms with Gasteiger partial charge < -0.3 is 10.5 Å². The molecule has 4 nitrogen and oxygen atoms in total. The summed E-state index contributed by atoms with van der Waals surface area (Å²) in [5.41, 5.74) is 2.67. The minimum Gasteiger partial charge on any atom is -0.398 e. The quantitative estimate of drug-likeness (QED) is 0.821. The Morgan fingerprint density at radius 2 is 2.00 bits per heavy atom. The lowest BCUT2D eigenvalue weighted by atomic mass is 10.2. The fourth-order valence-corrected chi connectivity index (χ4v) is 1.01. The maximum absolute atomic E-state index is 12.4.